The smallest absolute Gasteiger partial charge is 0.227 e. The van der Waals surface area contributed by atoms with Gasteiger partial charge in [0.05, 0.1) is 17.6 Å². The third kappa shape index (κ3) is 9.14. The Bertz CT molecular complexity index is 674. The van der Waals surface area contributed by atoms with Gasteiger partial charge in [-0.1, -0.05) is 96.5 Å². The minimum absolute atomic E-state index is 0.113. The average molecular weight is 668 g/mol. The van der Waals surface area contributed by atoms with Crippen LogP contribution in [-0.4, -0.2) is 40.4 Å². The number of carbonyl (C=O) groups excluding carboxylic acids is 1. The van der Waals surface area contributed by atoms with Gasteiger partial charge < -0.3 is 15.5 Å². The third-order valence-electron chi connectivity index (χ3n) is 6.47. The molecule has 2 N–H and O–H groups in total. The Morgan fingerprint density at radius 2 is 1.66 bits per heavy atom. The second kappa shape index (κ2) is 16.3. The number of carbonyl (C=O) groups is 1. The highest BCUT2D eigenvalue weighted by molar-refractivity contribution is 14.1. The molecule has 0 atom stereocenters. The SMILES string of the molecule is CNc1ncc(NC(=O)C2CCCCCCCCCC2)c(N(C)CCCCI)c1CCI. The summed E-state index contributed by atoms with van der Waals surface area (Å²) < 4.78 is 2.19. The molecule has 1 amide bonds. The van der Waals surface area contributed by atoms with Crippen molar-refractivity contribution in [1.29, 1.82) is 0 Å². The van der Waals surface area contributed by atoms with Crippen molar-refractivity contribution in [2.75, 3.05) is 45.0 Å². The quantitative estimate of drug-likeness (QED) is 0.157. The first-order chi connectivity index (χ1) is 15.6. The molecule has 32 heavy (non-hydrogen) atoms. The number of hydrogen-bond donors (Lipinski definition) is 2. The van der Waals surface area contributed by atoms with Crippen molar-refractivity contribution in [1.82, 2.24) is 4.98 Å². The van der Waals surface area contributed by atoms with Crippen LogP contribution in [0.5, 0.6) is 0 Å². The normalized spacial score (nSPS) is 16.2. The molecule has 1 fully saturated rings. The first-order valence-corrected chi connectivity index (χ1v) is 15.5. The Morgan fingerprint density at radius 1 is 1.03 bits per heavy atom. The summed E-state index contributed by atoms with van der Waals surface area (Å²) in [6, 6.07) is 0. The minimum atomic E-state index is 0.113. The van der Waals surface area contributed by atoms with E-state index in [2.05, 4.69) is 72.7 Å². The lowest BCUT2D eigenvalue weighted by Crippen LogP contribution is -2.27. The Balaban J connectivity index is 2.24. The Kier molecular flexibility index (Phi) is 14.2. The van der Waals surface area contributed by atoms with Gasteiger partial charge in [0, 0.05) is 36.5 Å². The highest BCUT2D eigenvalue weighted by atomic mass is 127. The Hall–Kier alpha value is -0.320. The predicted molar refractivity (Wildman–Crippen MR) is 156 cm³/mol. The lowest BCUT2D eigenvalue weighted by atomic mass is 9.94. The molecule has 1 heterocycles. The van der Waals surface area contributed by atoms with Crippen molar-refractivity contribution < 1.29 is 4.79 Å². The number of unbranched alkanes of at least 4 members (excludes halogenated alkanes) is 1. The first-order valence-electron chi connectivity index (χ1n) is 12.5. The van der Waals surface area contributed by atoms with E-state index in [1.807, 2.05) is 13.2 Å². The maximum Gasteiger partial charge on any atom is 0.227 e. The first kappa shape index (κ1) is 27.9. The predicted octanol–water partition coefficient (Wildman–Crippen LogP) is 7.22. The topological polar surface area (TPSA) is 57.3 Å². The highest BCUT2D eigenvalue weighted by Crippen LogP contribution is 2.35. The molecule has 2 rings (SSSR count). The van der Waals surface area contributed by atoms with E-state index in [0.717, 1.165) is 66.7 Å². The molecule has 1 aromatic rings. The van der Waals surface area contributed by atoms with E-state index in [4.69, 9.17) is 0 Å². The Morgan fingerprint density at radius 3 is 2.22 bits per heavy atom. The van der Waals surface area contributed by atoms with Crippen LogP contribution in [0.25, 0.3) is 0 Å². The van der Waals surface area contributed by atoms with Gasteiger partial charge in [0.2, 0.25) is 5.91 Å². The second-order valence-electron chi connectivity index (χ2n) is 8.95. The fourth-order valence-electron chi connectivity index (χ4n) is 4.66. The van der Waals surface area contributed by atoms with E-state index >= 15 is 0 Å². The number of pyridine rings is 1. The number of aromatic nitrogens is 1. The zero-order valence-electron chi connectivity index (χ0n) is 20.0. The number of halogens is 2. The van der Waals surface area contributed by atoms with Crippen LogP contribution in [0, 0.1) is 5.92 Å². The van der Waals surface area contributed by atoms with Crippen molar-refractivity contribution in [3.8, 4) is 0 Å². The number of amides is 1. The van der Waals surface area contributed by atoms with Crippen LogP contribution in [0.2, 0.25) is 0 Å². The molecular weight excluding hydrogens is 626 g/mol. The molecule has 1 saturated carbocycles. The van der Waals surface area contributed by atoms with E-state index in [1.54, 1.807) is 0 Å². The van der Waals surface area contributed by atoms with Crippen molar-refractivity contribution >= 4 is 68.3 Å². The fraction of sp³-hybridized carbons (Fsp3) is 0.760. The lowest BCUT2D eigenvalue weighted by Gasteiger charge is -2.27. The number of hydrogen-bond acceptors (Lipinski definition) is 4. The molecule has 0 saturated heterocycles. The summed E-state index contributed by atoms with van der Waals surface area (Å²) in [5.41, 5.74) is 3.22. The van der Waals surface area contributed by atoms with Gasteiger partial charge in [-0.05, 0) is 36.5 Å². The summed E-state index contributed by atoms with van der Waals surface area (Å²) >= 11 is 4.87. The molecule has 0 radical (unpaired) electrons. The van der Waals surface area contributed by atoms with Gasteiger partial charge in [0.15, 0.2) is 0 Å². The zero-order valence-corrected chi connectivity index (χ0v) is 24.3. The van der Waals surface area contributed by atoms with E-state index < -0.39 is 0 Å². The third-order valence-corrected chi connectivity index (χ3v) is 7.78. The molecule has 0 aromatic carbocycles. The van der Waals surface area contributed by atoms with Crippen LogP contribution >= 0.6 is 45.2 Å². The van der Waals surface area contributed by atoms with Crippen molar-refractivity contribution in [2.45, 2.75) is 83.5 Å². The molecular formula is C25H42I2N4O. The molecule has 0 aliphatic heterocycles. The molecule has 0 bridgehead atoms. The van der Waals surface area contributed by atoms with Gasteiger partial charge in [-0.15, -0.1) is 0 Å². The summed E-state index contributed by atoms with van der Waals surface area (Å²) in [4.78, 5) is 20.4. The van der Waals surface area contributed by atoms with Gasteiger partial charge in [-0.25, -0.2) is 4.98 Å². The molecule has 5 nitrogen and oxygen atoms in total. The largest absolute Gasteiger partial charge is 0.373 e. The van der Waals surface area contributed by atoms with Crippen LogP contribution < -0.4 is 15.5 Å². The number of anilines is 3. The van der Waals surface area contributed by atoms with E-state index in [0.29, 0.717) is 0 Å². The minimum Gasteiger partial charge on any atom is -0.373 e. The summed E-state index contributed by atoms with van der Waals surface area (Å²) in [7, 11) is 4.08. The van der Waals surface area contributed by atoms with E-state index in [-0.39, 0.29) is 11.8 Å². The van der Waals surface area contributed by atoms with Crippen molar-refractivity contribution in [3.63, 3.8) is 0 Å². The lowest BCUT2D eigenvalue weighted by molar-refractivity contribution is -0.120. The maximum absolute atomic E-state index is 13.4. The zero-order chi connectivity index (χ0) is 23.2. The van der Waals surface area contributed by atoms with Gasteiger partial charge in [-0.2, -0.15) is 0 Å². The number of nitrogens with zero attached hydrogens (tertiary/aromatic N) is 2. The summed E-state index contributed by atoms with van der Waals surface area (Å²) in [5.74, 6) is 1.22. The van der Waals surface area contributed by atoms with Gasteiger partial charge in [0.25, 0.3) is 0 Å². The molecule has 1 aliphatic rings. The van der Waals surface area contributed by atoms with Crippen LogP contribution in [-0.2, 0) is 11.2 Å². The van der Waals surface area contributed by atoms with Crippen molar-refractivity contribution in [3.05, 3.63) is 11.8 Å². The van der Waals surface area contributed by atoms with E-state index in [1.165, 1.54) is 54.9 Å². The molecule has 1 aliphatic carbocycles. The van der Waals surface area contributed by atoms with Crippen LogP contribution in [0.1, 0.15) is 82.6 Å². The molecule has 0 unspecified atom stereocenters. The number of nitrogens with one attached hydrogen (secondary N) is 2. The van der Waals surface area contributed by atoms with Crippen molar-refractivity contribution in [2.24, 2.45) is 5.92 Å². The van der Waals surface area contributed by atoms with Gasteiger partial charge in [-0.3, -0.25) is 4.79 Å². The molecule has 7 heteroatoms. The average Bonchev–Trinajstić information content (AvgIpc) is 2.85. The monoisotopic (exact) mass is 668 g/mol. The van der Waals surface area contributed by atoms with Crippen LogP contribution in [0.3, 0.4) is 0 Å². The number of alkyl halides is 2. The molecule has 182 valence electrons. The number of rotatable bonds is 10. The van der Waals surface area contributed by atoms with Gasteiger partial charge in [0.1, 0.15) is 5.82 Å². The Labute approximate surface area is 222 Å². The summed E-state index contributed by atoms with van der Waals surface area (Å²) in [6.45, 7) is 0.983. The molecule has 1 aromatic heterocycles. The summed E-state index contributed by atoms with van der Waals surface area (Å²) in [6.07, 6.45) is 17.3. The van der Waals surface area contributed by atoms with Gasteiger partial charge >= 0.3 is 0 Å². The summed E-state index contributed by atoms with van der Waals surface area (Å²) in [5, 5.41) is 6.59. The maximum atomic E-state index is 13.4. The highest BCUT2D eigenvalue weighted by Gasteiger charge is 2.23. The van der Waals surface area contributed by atoms with Crippen LogP contribution in [0.4, 0.5) is 17.2 Å². The fourth-order valence-corrected chi connectivity index (χ4v) is 5.73. The second-order valence-corrected chi connectivity index (χ2v) is 11.1. The molecule has 0 spiro atoms. The van der Waals surface area contributed by atoms with Crippen LogP contribution in [0.15, 0.2) is 6.20 Å². The standard InChI is InChI=1S/C25H42I2N4O/c1-28-24-21(15-17-27)23(31(2)18-12-11-16-26)22(19-29-24)30-25(32)20-13-9-7-5-3-4-6-8-10-14-20/h19-20H,3-18H2,1-2H3,(H,28,29)(H,30,32). The van der Waals surface area contributed by atoms with E-state index in [9.17, 15) is 4.79 Å².